The van der Waals surface area contributed by atoms with Crippen LogP contribution in [-0.2, 0) is 5.41 Å². The van der Waals surface area contributed by atoms with E-state index in [1.54, 1.807) is 18.2 Å². The predicted molar refractivity (Wildman–Crippen MR) is 100 cm³/mol. The number of allylic oxidation sites excluding steroid dienone is 1. The van der Waals surface area contributed by atoms with Gasteiger partial charge in [-0.1, -0.05) is 45.0 Å². The van der Waals surface area contributed by atoms with Gasteiger partial charge < -0.3 is 9.47 Å². The molecule has 0 saturated heterocycles. The second kappa shape index (κ2) is 6.68. The zero-order valence-corrected chi connectivity index (χ0v) is 15.4. The molecule has 0 saturated carbocycles. The third kappa shape index (κ3) is 3.34. The lowest BCUT2D eigenvalue weighted by Gasteiger charge is -2.18. The van der Waals surface area contributed by atoms with Crippen molar-refractivity contribution in [2.45, 2.75) is 33.1 Å². The van der Waals surface area contributed by atoms with Gasteiger partial charge in [-0.15, -0.1) is 0 Å². The van der Waals surface area contributed by atoms with E-state index in [2.05, 4.69) is 32.9 Å². The molecule has 4 heteroatoms. The van der Waals surface area contributed by atoms with E-state index in [1.165, 1.54) is 5.56 Å². The van der Waals surface area contributed by atoms with Crippen LogP contribution in [0.15, 0.2) is 42.2 Å². The van der Waals surface area contributed by atoms with E-state index in [1.807, 2.05) is 25.1 Å². The highest BCUT2D eigenvalue weighted by atomic mass is 16.5. The molecule has 0 amide bonds. The molecule has 2 aromatic rings. The SMILES string of the molecule is Cc1c(OCC#N)ccc2c1O/C(=C\c1ccc(C(C)(C)C)cc1)C2=O. The Morgan fingerprint density at radius 3 is 2.46 bits per heavy atom. The lowest BCUT2D eigenvalue weighted by molar-refractivity contribution is 0.101. The molecule has 0 N–H and O–H groups in total. The monoisotopic (exact) mass is 347 g/mol. The lowest BCUT2D eigenvalue weighted by atomic mass is 9.86. The van der Waals surface area contributed by atoms with E-state index >= 15 is 0 Å². The van der Waals surface area contributed by atoms with Crippen molar-refractivity contribution < 1.29 is 14.3 Å². The van der Waals surface area contributed by atoms with Crippen molar-refractivity contribution in [1.82, 2.24) is 0 Å². The van der Waals surface area contributed by atoms with Gasteiger partial charge in [0.2, 0.25) is 5.78 Å². The maximum atomic E-state index is 12.6. The Hall–Kier alpha value is -3.06. The summed E-state index contributed by atoms with van der Waals surface area (Å²) in [7, 11) is 0. The topological polar surface area (TPSA) is 59.3 Å². The number of fused-ring (bicyclic) bond motifs is 1. The van der Waals surface area contributed by atoms with Gasteiger partial charge in [0.15, 0.2) is 12.4 Å². The first-order chi connectivity index (χ1) is 12.3. The number of nitrogens with zero attached hydrogens (tertiary/aromatic N) is 1. The van der Waals surface area contributed by atoms with E-state index in [0.717, 1.165) is 11.1 Å². The summed E-state index contributed by atoms with van der Waals surface area (Å²) in [6, 6.07) is 13.4. The van der Waals surface area contributed by atoms with Gasteiger partial charge in [-0.25, -0.2) is 0 Å². The fourth-order valence-corrected chi connectivity index (χ4v) is 2.87. The molecule has 26 heavy (non-hydrogen) atoms. The van der Waals surface area contributed by atoms with Crippen molar-refractivity contribution >= 4 is 11.9 Å². The molecular weight excluding hydrogens is 326 g/mol. The summed E-state index contributed by atoms with van der Waals surface area (Å²) in [5.74, 6) is 1.20. The highest BCUT2D eigenvalue weighted by molar-refractivity contribution is 6.14. The van der Waals surface area contributed by atoms with E-state index in [0.29, 0.717) is 22.8 Å². The summed E-state index contributed by atoms with van der Waals surface area (Å²) in [5, 5.41) is 8.66. The molecular formula is C22H21NO3. The van der Waals surface area contributed by atoms with Crippen LogP contribution in [0.2, 0.25) is 0 Å². The van der Waals surface area contributed by atoms with Crippen molar-refractivity contribution in [3.63, 3.8) is 0 Å². The summed E-state index contributed by atoms with van der Waals surface area (Å²) in [4.78, 5) is 12.6. The average Bonchev–Trinajstić information content (AvgIpc) is 2.91. The number of hydrogen-bond donors (Lipinski definition) is 0. The molecule has 0 aromatic heterocycles. The first-order valence-electron chi connectivity index (χ1n) is 8.49. The minimum Gasteiger partial charge on any atom is -0.478 e. The number of rotatable bonds is 3. The van der Waals surface area contributed by atoms with Gasteiger partial charge in [0, 0.05) is 5.56 Å². The van der Waals surface area contributed by atoms with Gasteiger partial charge in [0.05, 0.1) is 5.56 Å². The molecule has 0 spiro atoms. The Bertz CT molecular complexity index is 926. The van der Waals surface area contributed by atoms with Crippen molar-refractivity contribution in [3.05, 3.63) is 64.4 Å². The van der Waals surface area contributed by atoms with Gasteiger partial charge in [-0.3, -0.25) is 4.79 Å². The molecule has 1 heterocycles. The van der Waals surface area contributed by atoms with E-state index in [9.17, 15) is 4.79 Å². The molecule has 0 fully saturated rings. The molecule has 0 atom stereocenters. The minimum atomic E-state index is -0.144. The van der Waals surface area contributed by atoms with Gasteiger partial charge in [0.1, 0.15) is 17.6 Å². The van der Waals surface area contributed by atoms with Crippen LogP contribution in [-0.4, -0.2) is 12.4 Å². The number of benzene rings is 2. The van der Waals surface area contributed by atoms with Crippen LogP contribution < -0.4 is 9.47 Å². The summed E-state index contributed by atoms with van der Waals surface area (Å²) < 4.78 is 11.2. The van der Waals surface area contributed by atoms with Gasteiger partial charge in [-0.2, -0.15) is 5.26 Å². The van der Waals surface area contributed by atoms with E-state index in [4.69, 9.17) is 14.7 Å². The molecule has 0 aliphatic carbocycles. The quantitative estimate of drug-likeness (QED) is 0.748. The molecule has 0 radical (unpaired) electrons. The molecule has 1 aliphatic heterocycles. The number of Topliss-reactive ketones (excluding diaryl/α,β-unsaturated/α-hetero) is 1. The highest BCUT2D eigenvalue weighted by Gasteiger charge is 2.30. The Balaban J connectivity index is 1.89. The highest BCUT2D eigenvalue weighted by Crippen LogP contribution is 2.39. The van der Waals surface area contributed by atoms with Gasteiger partial charge in [0.25, 0.3) is 0 Å². The van der Waals surface area contributed by atoms with Crippen molar-refractivity contribution in [2.24, 2.45) is 0 Å². The summed E-state index contributed by atoms with van der Waals surface area (Å²) in [5.41, 5.74) is 3.46. The zero-order valence-electron chi connectivity index (χ0n) is 15.4. The standard InChI is InChI=1S/C22H21NO3/c1-14-18(25-12-11-23)10-9-17-20(24)19(26-21(14)17)13-15-5-7-16(8-6-15)22(2,3)4/h5-10,13H,12H2,1-4H3/b19-13-. The van der Waals surface area contributed by atoms with Crippen molar-refractivity contribution in [3.8, 4) is 17.6 Å². The number of carbonyl (C=O) groups is 1. The van der Waals surface area contributed by atoms with Crippen LogP contribution in [0, 0.1) is 18.3 Å². The molecule has 3 rings (SSSR count). The Morgan fingerprint density at radius 2 is 1.85 bits per heavy atom. The fourth-order valence-electron chi connectivity index (χ4n) is 2.87. The molecule has 132 valence electrons. The van der Waals surface area contributed by atoms with Crippen LogP contribution in [0.3, 0.4) is 0 Å². The van der Waals surface area contributed by atoms with Crippen LogP contribution in [0.4, 0.5) is 0 Å². The van der Waals surface area contributed by atoms with E-state index < -0.39 is 0 Å². The second-order valence-electron chi connectivity index (χ2n) is 7.32. The summed E-state index contributed by atoms with van der Waals surface area (Å²) in [6.07, 6.45) is 1.75. The maximum Gasteiger partial charge on any atom is 0.231 e. The number of hydrogen-bond acceptors (Lipinski definition) is 4. The third-order valence-electron chi connectivity index (χ3n) is 4.40. The minimum absolute atomic E-state index is 0.0452. The second-order valence-corrected chi connectivity index (χ2v) is 7.32. The number of ketones is 1. The smallest absolute Gasteiger partial charge is 0.231 e. The van der Waals surface area contributed by atoms with Gasteiger partial charge >= 0.3 is 0 Å². The molecule has 4 nitrogen and oxygen atoms in total. The van der Waals surface area contributed by atoms with Crippen molar-refractivity contribution in [1.29, 1.82) is 5.26 Å². The Labute approximate surface area is 153 Å². The largest absolute Gasteiger partial charge is 0.478 e. The summed E-state index contributed by atoms with van der Waals surface area (Å²) >= 11 is 0. The van der Waals surface area contributed by atoms with Crippen LogP contribution in [0.5, 0.6) is 11.5 Å². The predicted octanol–water partition coefficient (Wildman–Crippen LogP) is 4.81. The van der Waals surface area contributed by atoms with Gasteiger partial charge in [-0.05, 0) is 41.7 Å². The Morgan fingerprint density at radius 1 is 1.15 bits per heavy atom. The molecule has 0 bridgehead atoms. The first kappa shape index (κ1) is 17.8. The average molecular weight is 347 g/mol. The molecule has 0 unspecified atom stereocenters. The zero-order chi connectivity index (χ0) is 18.9. The Kier molecular flexibility index (Phi) is 4.56. The normalized spacial score (nSPS) is 14.7. The molecule has 1 aliphatic rings. The fraction of sp³-hybridized carbons (Fsp3) is 0.273. The van der Waals surface area contributed by atoms with Crippen LogP contribution in [0.25, 0.3) is 6.08 Å². The number of ether oxygens (including phenoxy) is 2. The van der Waals surface area contributed by atoms with Crippen LogP contribution >= 0.6 is 0 Å². The van der Waals surface area contributed by atoms with Crippen LogP contribution in [0.1, 0.15) is 47.8 Å². The number of carbonyl (C=O) groups excluding carboxylic acids is 1. The maximum absolute atomic E-state index is 12.6. The lowest BCUT2D eigenvalue weighted by Crippen LogP contribution is -2.10. The van der Waals surface area contributed by atoms with Crippen molar-refractivity contribution in [2.75, 3.05) is 6.61 Å². The number of nitriles is 1. The third-order valence-corrected chi connectivity index (χ3v) is 4.40. The summed E-state index contributed by atoms with van der Waals surface area (Å²) in [6.45, 7) is 8.26. The van der Waals surface area contributed by atoms with E-state index in [-0.39, 0.29) is 17.8 Å². The molecule has 2 aromatic carbocycles. The first-order valence-corrected chi connectivity index (χ1v) is 8.49.